The molecule has 2 atom stereocenters. The fourth-order valence-electron chi connectivity index (χ4n) is 3.00. The molecule has 0 bridgehead atoms. The highest BCUT2D eigenvalue weighted by atomic mass is 14.6. The van der Waals surface area contributed by atoms with Crippen LogP contribution in [-0.4, -0.2) is 0 Å². The molecule has 0 aliphatic heterocycles. The predicted octanol–water partition coefficient (Wildman–Crippen LogP) is 3.32. The van der Waals surface area contributed by atoms with E-state index < -0.39 is 0 Å². The van der Waals surface area contributed by atoms with E-state index in [2.05, 4.69) is 34.6 Å². The minimum absolute atomic E-state index is 0.708. The molecular formula is C10H20. The van der Waals surface area contributed by atoms with Crippen molar-refractivity contribution in [3.8, 4) is 0 Å². The minimum Gasteiger partial charge on any atom is -0.0648 e. The number of hydrogen-bond donors (Lipinski definition) is 0. The van der Waals surface area contributed by atoms with E-state index in [9.17, 15) is 0 Å². The number of hydrogen-bond acceptors (Lipinski definition) is 0. The Morgan fingerprint density at radius 3 is 1.60 bits per heavy atom. The molecule has 2 unspecified atom stereocenters. The summed E-state index contributed by atoms with van der Waals surface area (Å²) in [7, 11) is 0. The first-order valence-electron chi connectivity index (χ1n) is 4.57. The van der Waals surface area contributed by atoms with Gasteiger partial charge in [0, 0.05) is 0 Å². The highest BCUT2D eigenvalue weighted by Crippen LogP contribution is 2.64. The van der Waals surface area contributed by atoms with Crippen molar-refractivity contribution in [2.24, 2.45) is 23.2 Å². The van der Waals surface area contributed by atoms with E-state index in [0.29, 0.717) is 5.41 Å². The summed E-state index contributed by atoms with van der Waals surface area (Å²) in [6.45, 7) is 11.9. The molecule has 10 heavy (non-hydrogen) atoms. The zero-order valence-electron chi connectivity index (χ0n) is 7.94. The van der Waals surface area contributed by atoms with Crippen LogP contribution in [0.15, 0.2) is 0 Å². The zero-order valence-corrected chi connectivity index (χ0v) is 7.94. The average molecular weight is 140 g/mol. The topological polar surface area (TPSA) is 0 Å². The minimum atomic E-state index is 0.708. The molecule has 1 rings (SSSR count). The third-order valence-corrected chi connectivity index (χ3v) is 4.02. The molecule has 0 nitrogen and oxygen atoms in total. The quantitative estimate of drug-likeness (QED) is 0.552. The lowest BCUT2D eigenvalue weighted by atomic mass is 9.86. The standard InChI is InChI=1S/C10H20/c1-6-10(7(2)3)8(4)9(10)5/h7-9H,6H2,1-5H3. The van der Waals surface area contributed by atoms with Gasteiger partial charge in [-0.05, 0) is 29.6 Å². The molecule has 0 aromatic rings. The zero-order chi connectivity index (χ0) is 7.94. The summed E-state index contributed by atoms with van der Waals surface area (Å²) in [6.07, 6.45) is 1.37. The fourth-order valence-corrected chi connectivity index (χ4v) is 3.00. The van der Waals surface area contributed by atoms with Crippen LogP contribution >= 0.6 is 0 Å². The van der Waals surface area contributed by atoms with Crippen LogP contribution in [0, 0.1) is 23.2 Å². The highest BCUT2D eigenvalue weighted by molar-refractivity contribution is 5.06. The van der Waals surface area contributed by atoms with Gasteiger partial charge in [-0.2, -0.15) is 0 Å². The second kappa shape index (κ2) is 2.25. The van der Waals surface area contributed by atoms with Crippen LogP contribution in [0.25, 0.3) is 0 Å². The van der Waals surface area contributed by atoms with Crippen LogP contribution in [0.2, 0.25) is 0 Å². The monoisotopic (exact) mass is 140 g/mol. The Bertz CT molecular complexity index is 106. The van der Waals surface area contributed by atoms with Crippen LogP contribution in [0.1, 0.15) is 41.0 Å². The maximum absolute atomic E-state index is 2.40. The van der Waals surface area contributed by atoms with Crippen LogP contribution in [0.4, 0.5) is 0 Å². The molecule has 0 amide bonds. The second-order valence-electron chi connectivity index (χ2n) is 4.20. The van der Waals surface area contributed by atoms with Gasteiger partial charge in [0.1, 0.15) is 0 Å². The first-order valence-corrected chi connectivity index (χ1v) is 4.57. The summed E-state index contributed by atoms with van der Waals surface area (Å²) in [4.78, 5) is 0. The smallest absolute Gasteiger partial charge is 0.0220 e. The Hall–Kier alpha value is 0. The van der Waals surface area contributed by atoms with Gasteiger partial charge in [-0.1, -0.05) is 34.6 Å². The van der Waals surface area contributed by atoms with Gasteiger partial charge in [0.25, 0.3) is 0 Å². The summed E-state index contributed by atoms with van der Waals surface area (Å²) in [6, 6.07) is 0. The number of rotatable bonds is 2. The molecule has 60 valence electrons. The Morgan fingerprint density at radius 1 is 1.20 bits per heavy atom. The maximum atomic E-state index is 2.40. The fraction of sp³-hybridized carbons (Fsp3) is 1.00. The third-order valence-electron chi connectivity index (χ3n) is 4.02. The summed E-state index contributed by atoms with van der Waals surface area (Å²) >= 11 is 0. The molecule has 1 aliphatic rings. The summed E-state index contributed by atoms with van der Waals surface area (Å²) in [5, 5.41) is 0. The molecule has 0 heteroatoms. The molecule has 1 aliphatic carbocycles. The van der Waals surface area contributed by atoms with Crippen molar-refractivity contribution >= 4 is 0 Å². The molecule has 0 aromatic heterocycles. The Labute approximate surface area is 65.0 Å². The molecule has 0 heterocycles. The van der Waals surface area contributed by atoms with Crippen molar-refractivity contribution < 1.29 is 0 Å². The lowest BCUT2D eigenvalue weighted by Crippen LogP contribution is -2.11. The van der Waals surface area contributed by atoms with E-state index >= 15 is 0 Å². The Balaban J connectivity index is 2.66. The molecule has 1 fully saturated rings. The van der Waals surface area contributed by atoms with Gasteiger partial charge in [-0.25, -0.2) is 0 Å². The summed E-state index contributed by atoms with van der Waals surface area (Å²) in [5.74, 6) is 2.82. The lowest BCUT2D eigenvalue weighted by molar-refractivity contribution is 0.301. The van der Waals surface area contributed by atoms with E-state index in [1.165, 1.54) is 6.42 Å². The Kier molecular flexibility index (Phi) is 1.82. The normalized spacial score (nSPS) is 46.2. The van der Waals surface area contributed by atoms with Crippen molar-refractivity contribution in [1.82, 2.24) is 0 Å². The first kappa shape index (κ1) is 8.10. The summed E-state index contributed by atoms with van der Waals surface area (Å²) < 4.78 is 0. The van der Waals surface area contributed by atoms with Gasteiger partial charge in [-0.3, -0.25) is 0 Å². The van der Waals surface area contributed by atoms with Crippen molar-refractivity contribution in [3.05, 3.63) is 0 Å². The predicted molar refractivity (Wildman–Crippen MR) is 45.9 cm³/mol. The highest BCUT2D eigenvalue weighted by Gasteiger charge is 2.58. The lowest BCUT2D eigenvalue weighted by Gasteiger charge is -2.19. The van der Waals surface area contributed by atoms with E-state index in [4.69, 9.17) is 0 Å². The largest absolute Gasteiger partial charge is 0.0648 e. The molecular weight excluding hydrogens is 120 g/mol. The van der Waals surface area contributed by atoms with Crippen molar-refractivity contribution in [1.29, 1.82) is 0 Å². The summed E-state index contributed by atoms with van der Waals surface area (Å²) in [5.41, 5.74) is 0.708. The van der Waals surface area contributed by atoms with E-state index in [1.54, 1.807) is 0 Å². The maximum Gasteiger partial charge on any atom is -0.0220 e. The molecule has 0 radical (unpaired) electrons. The van der Waals surface area contributed by atoms with Crippen LogP contribution in [0.5, 0.6) is 0 Å². The van der Waals surface area contributed by atoms with E-state index in [-0.39, 0.29) is 0 Å². The molecule has 1 saturated carbocycles. The SMILES string of the molecule is CCC1(C(C)C)C(C)C1C. The Morgan fingerprint density at radius 2 is 1.60 bits per heavy atom. The van der Waals surface area contributed by atoms with Gasteiger partial charge in [0.2, 0.25) is 0 Å². The molecule has 0 spiro atoms. The van der Waals surface area contributed by atoms with Gasteiger partial charge < -0.3 is 0 Å². The molecule has 0 N–H and O–H groups in total. The third kappa shape index (κ3) is 0.741. The van der Waals surface area contributed by atoms with Crippen LogP contribution < -0.4 is 0 Å². The van der Waals surface area contributed by atoms with E-state index in [0.717, 1.165) is 17.8 Å². The van der Waals surface area contributed by atoms with Crippen LogP contribution in [-0.2, 0) is 0 Å². The van der Waals surface area contributed by atoms with Crippen molar-refractivity contribution in [2.75, 3.05) is 0 Å². The molecule has 0 aromatic carbocycles. The van der Waals surface area contributed by atoms with E-state index in [1.807, 2.05) is 0 Å². The van der Waals surface area contributed by atoms with Gasteiger partial charge >= 0.3 is 0 Å². The van der Waals surface area contributed by atoms with Crippen LogP contribution in [0.3, 0.4) is 0 Å². The van der Waals surface area contributed by atoms with Gasteiger partial charge in [0.05, 0.1) is 0 Å². The van der Waals surface area contributed by atoms with Crippen molar-refractivity contribution in [3.63, 3.8) is 0 Å². The van der Waals surface area contributed by atoms with Crippen molar-refractivity contribution in [2.45, 2.75) is 41.0 Å². The second-order valence-corrected chi connectivity index (χ2v) is 4.20. The average Bonchev–Trinajstić information content (AvgIpc) is 2.38. The molecule has 0 saturated heterocycles. The van der Waals surface area contributed by atoms with Gasteiger partial charge in [-0.15, -0.1) is 0 Å². The van der Waals surface area contributed by atoms with Gasteiger partial charge in [0.15, 0.2) is 0 Å². The first-order chi connectivity index (χ1) is 4.57.